The van der Waals surface area contributed by atoms with Crippen molar-refractivity contribution in [3.05, 3.63) is 35.9 Å². The number of hydrogen-bond donors (Lipinski definition) is 0. The largest absolute Gasteiger partial charge is 0.229 e. The topological polar surface area (TPSA) is 34.1 Å². The number of rotatable bonds is 3. The van der Waals surface area contributed by atoms with Crippen molar-refractivity contribution in [2.24, 2.45) is 5.41 Å². The molecule has 1 aromatic rings. The molecule has 2 fully saturated rings. The average Bonchev–Trinajstić information content (AvgIpc) is 2.97. The molecule has 1 saturated heterocycles. The molecule has 2 aliphatic rings. The van der Waals surface area contributed by atoms with Crippen LogP contribution >= 0.6 is 0 Å². The van der Waals surface area contributed by atoms with Gasteiger partial charge in [0.25, 0.3) is 0 Å². The van der Waals surface area contributed by atoms with Crippen molar-refractivity contribution >= 4 is 9.84 Å². The summed E-state index contributed by atoms with van der Waals surface area (Å²) < 4.78 is 24.1. The maximum absolute atomic E-state index is 12.0. The van der Waals surface area contributed by atoms with Crippen LogP contribution in [0.4, 0.5) is 0 Å². The maximum atomic E-state index is 12.0. The van der Waals surface area contributed by atoms with Crippen LogP contribution in [-0.4, -0.2) is 19.4 Å². The molecule has 1 saturated carbocycles. The Balaban J connectivity index is 1.83. The summed E-state index contributed by atoms with van der Waals surface area (Å²) in [6, 6.07) is 10.3. The van der Waals surface area contributed by atoms with Crippen LogP contribution in [0.1, 0.15) is 31.2 Å². The fourth-order valence-corrected chi connectivity index (χ4v) is 5.71. The van der Waals surface area contributed by atoms with E-state index in [1.165, 1.54) is 5.56 Å². The van der Waals surface area contributed by atoms with E-state index in [2.05, 4.69) is 12.1 Å². The summed E-state index contributed by atoms with van der Waals surface area (Å²) >= 11 is 0. The number of sulfone groups is 1. The summed E-state index contributed by atoms with van der Waals surface area (Å²) in [5.74, 6) is 0.411. The van der Waals surface area contributed by atoms with Crippen molar-refractivity contribution in [1.29, 1.82) is 0 Å². The molecule has 1 heterocycles. The summed E-state index contributed by atoms with van der Waals surface area (Å²) in [6.45, 7) is 0. The molecule has 92 valence electrons. The highest BCUT2D eigenvalue weighted by Crippen LogP contribution is 2.56. The second-order valence-corrected chi connectivity index (χ2v) is 7.83. The van der Waals surface area contributed by atoms with Gasteiger partial charge in [0.2, 0.25) is 0 Å². The zero-order chi connectivity index (χ0) is 11.9. The molecule has 1 aromatic carbocycles. The first-order valence-corrected chi connectivity index (χ1v) is 8.09. The van der Waals surface area contributed by atoms with Gasteiger partial charge in [0, 0.05) is 0 Å². The first kappa shape index (κ1) is 11.3. The third-order valence-electron chi connectivity index (χ3n) is 4.30. The molecule has 3 heteroatoms. The third-order valence-corrected chi connectivity index (χ3v) is 6.76. The van der Waals surface area contributed by atoms with E-state index in [0.29, 0.717) is 5.75 Å². The maximum Gasteiger partial charge on any atom is 0.153 e. The molecule has 0 N–H and O–H groups in total. The summed E-state index contributed by atoms with van der Waals surface area (Å²) in [7, 11) is -2.80. The Morgan fingerprint density at radius 1 is 1.18 bits per heavy atom. The molecule has 0 radical (unpaired) electrons. The number of hydrogen-bond acceptors (Lipinski definition) is 2. The first-order valence-electron chi connectivity index (χ1n) is 6.38. The van der Waals surface area contributed by atoms with Crippen LogP contribution in [0, 0.1) is 5.41 Å². The van der Waals surface area contributed by atoms with Gasteiger partial charge in [0.15, 0.2) is 9.84 Å². The van der Waals surface area contributed by atoms with Crippen LogP contribution in [0.25, 0.3) is 0 Å². The molecule has 1 aliphatic carbocycles. The standard InChI is InChI=1S/C14H18O2S/c15-17(16)10-4-7-13(17)14(8-9-14)11-12-5-2-1-3-6-12/h1-3,5-6,13H,4,7-11H2. The SMILES string of the molecule is O=S1(=O)CCCC1C1(Cc2ccccc2)CC1. The van der Waals surface area contributed by atoms with Gasteiger partial charge in [-0.25, -0.2) is 8.42 Å². The van der Waals surface area contributed by atoms with Crippen LogP contribution in [-0.2, 0) is 16.3 Å². The smallest absolute Gasteiger partial charge is 0.153 e. The Labute approximate surface area is 103 Å². The highest BCUT2D eigenvalue weighted by atomic mass is 32.2. The van der Waals surface area contributed by atoms with Gasteiger partial charge in [0.05, 0.1) is 11.0 Å². The molecular weight excluding hydrogens is 232 g/mol. The summed E-state index contributed by atoms with van der Waals surface area (Å²) in [5, 5.41) is -0.0600. The van der Waals surface area contributed by atoms with E-state index in [-0.39, 0.29) is 10.7 Å². The highest BCUT2D eigenvalue weighted by Gasteiger charge is 2.55. The van der Waals surface area contributed by atoms with Gasteiger partial charge in [-0.2, -0.15) is 0 Å². The van der Waals surface area contributed by atoms with Crippen molar-refractivity contribution in [3.8, 4) is 0 Å². The van der Waals surface area contributed by atoms with E-state index in [1.54, 1.807) is 0 Å². The molecule has 3 rings (SSSR count). The lowest BCUT2D eigenvalue weighted by atomic mass is 9.91. The van der Waals surface area contributed by atoms with Gasteiger partial charge in [0.1, 0.15) is 0 Å². The molecule has 0 bridgehead atoms. The fourth-order valence-electron chi connectivity index (χ4n) is 3.25. The molecule has 1 unspecified atom stereocenters. The zero-order valence-corrected chi connectivity index (χ0v) is 10.7. The Morgan fingerprint density at radius 2 is 1.88 bits per heavy atom. The van der Waals surface area contributed by atoms with E-state index >= 15 is 0 Å². The van der Waals surface area contributed by atoms with E-state index in [1.807, 2.05) is 18.2 Å². The lowest BCUT2D eigenvalue weighted by Crippen LogP contribution is -2.29. The van der Waals surface area contributed by atoms with Crippen molar-refractivity contribution in [2.75, 3.05) is 5.75 Å². The number of benzene rings is 1. The summed E-state index contributed by atoms with van der Waals surface area (Å²) in [4.78, 5) is 0. The Morgan fingerprint density at radius 3 is 2.41 bits per heavy atom. The lowest BCUT2D eigenvalue weighted by molar-refractivity contribution is 0.450. The zero-order valence-electron chi connectivity index (χ0n) is 9.93. The van der Waals surface area contributed by atoms with Gasteiger partial charge in [-0.15, -0.1) is 0 Å². The van der Waals surface area contributed by atoms with Crippen molar-refractivity contribution in [3.63, 3.8) is 0 Å². The van der Waals surface area contributed by atoms with Gasteiger partial charge in [-0.05, 0) is 43.1 Å². The van der Waals surface area contributed by atoms with Gasteiger partial charge in [-0.1, -0.05) is 30.3 Å². The molecule has 2 nitrogen and oxygen atoms in total. The second-order valence-electron chi connectivity index (χ2n) is 5.52. The predicted molar refractivity (Wildman–Crippen MR) is 68.6 cm³/mol. The van der Waals surface area contributed by atoms with Crippen molar-refractivity contribution in [2.45, 2.75) is 37.4 Å². The third kappa shape index (κ3) is 2.01. The Bertz CT molecular complexity index is 500. The molecule has 1 atom stereocenters. The Kier molecular flexibility index (Phi) is 2.54. The van der Waals surface area contributed by atoms with Crippen LogP contribution in [0.5, 0.6) is 0 Å². The first-order chi connectivity index (χ1) is 8.12. The quantitative estimate of drug-likeness (QED) is 0.826. The van der Waals surface area contributed by atoms with Crippen LogP contribution in [0.3, 0.4) is 0 Å². The van der Waals surface area contributed by atoms with Crippen molar-refractivity contribution < 1.29 is 8.42 Å². The molecule has 0 spiro atoms. The van der Waals surface area contributed by atoms with Gasteiger partial charge >= 0.3 is 0 Å². The minimum absolute atomic E-state index is 0.0600. The van der Waals surface area contributed by atoms with Crippen LogP contribution < -0.4 is 0 Å². The van der Waals surface area contributed by atoms with Crippen LogP contribution in [0.2, 0.25) is 0 Å². The Hall–Kier alpha value is -0.830. The minimum Gasteiger partial charge on any atom is -0.229 e. The van der Waals surface area contributed by atoms with Crippen LogP contribution in [0.15, 0.2) is 30.3 Å². The summed E-state index contributed by atoms with van der Waals surface area (Å²) in [6.07, 6.45) is 4.87. The van der Waals surface area contributed by atoms with E-state index < -0.39 is 9.84 Å². The summed E-state index contributed by atoms with van der Waals surface area (Å²) in [5.41, 5.74) is 1.36. The van der Waals surface area contributed by atoms with E-state index in [4.69, 9.17) is 0 Å². The lowest BCUT2D eigenvalue weighted by Gasteiger charge is -2.22. The second kappa shape index (κ2) is 3.84. The van der Waals surface area contributed by atoms with Crippen molar-refractivity contribution in [1.82, 2.24) is 0 Å². The minimum atomic E-state index is -2.80. The monoisotopic (exact) mass is 250 g/mol. The molecule has 1 aliphatic heterocycles. The molecule has 0 amide bonds. The molecule has 0 aromatic heterocycles. The normalized spacial score (nSPS) is 29.1. The highest BCUT2D eigenvalue weighted by molar-refractivity contribution is 7.92. The molecular formula is C14H18O2S. The van der Waals surface area contributed by atoms with E-state index in [9.17, 15) is 8.42 Å². The fraction of sp³-hybridized carbons (Fsp3) is 0.571. The van der Waals surface area contributed by atoms with Gasteiger partial charge < -0.3 is 0 Å². The molecule has 17 heavy (non-hydrogen) atoms. The van der Waals surface area contributed by atoms with Gasteiger partial charge in [-0.3, -0.25) is 0 Å². The predicted octanol–water partition coefficient (Wildman–Crippen LogP) is 2.59. The van der Waals surface area contributed by atoms with E-state index in [0.717, 1.165) is 32.1 Å². The average molecular weight is 250 g/mol.